The summed E-state index contributed by atoms with van der Waals surface area (Å²) in [6, 6.07) is 9.70. The van der Waals surface area contributed by atoms with Gasteiger partial charge in [-0.3, -0.25) is 9.18 Å². The van der Waals surface area contributed by atoms with E-state index in [-0.39, 0.29) is 24.3 Å². The molecule has 2 aromatic rings. The molecule has 210 valence electrons. The van der Waals surface area contributed by atoms with E-state index in [1.54, 1.807) is 0 Å². The van der Waals surface area contributed by atoms with Crippen molar-refractivity contribution in [3.05, 3.63) is 35.0 Å². The molecule has 0 spiro atoms. The monoisotopic (exact) mass is 580 g/mol. The van der Waals surface area contributed by atoms with Gasteiger partial charge in [0.05, 0.1) is 45.7 Å². The van der Waals surface area contributed by atoms with Crippen molar-refractivity contribution in [2.24, 2.45) is 5.92 Å². The van der Waals surface area contributed by atoms with Crippen LogP contribution in [0.25, 0.3) is 10.4 Å². The van der Waals surface area contributed by atoms with E-state index in [1.807, 2.05) is 29.2 Å². The molecular weight excluding hydrogens is 549 g/mol. The van der Waals surface area contributed by atoms with Gasteiger partial charge in [0.1, 0.15) is 5.54 Å². The molecule has 1 aliphatic heterocycles. The second kappa shape index (κ2) is 10.7. The van der Waals surface area contributed by atoms with Crippen LogP contribution in [-0.2, 0) is 21.1 Å². The number of alkyl halides is 3. The van der Waals surface area contributed by atoms with Gasteiger partial charge < -0.3 is 10.2 Å². The van der Waals surface area contributed by atoms with Crippen molar-refractivity contribution in [3.8, 4) is 16.5 Å². The molecule has 7 nitrogen and oxygen atoms in total. The van der Waals surface area contributed by atoms with Gasteiger partial charge in [-0.15, -0.1) is 11.3 Å². The minimum absolute atomic E-state index is 0.0737. The number of halogens is 3. The summed E-state index contributed by atoms with van der Waals surface area (Å²) in [5.74, 6) is -4.92. The van der Waals surface area contributed by atoms with Crippen LogP contribution in [0.4, 0.5) is 18.9 Å². The lowest BCUT2D eigenvalue weighted by Gasteiger charge is -2.35. The van der Waals surface area contributed by atoms with E-state index < -0.39 is 52.1 Å². The summed E-state index contributed by atoms with van der Waals surface area (Å²) in [5.41, 5.74) is 1.31. The molecule has 2 atom stereocenters. The van der Waals surface area contributed by atoms with Crippen molar-refractivity contribution in [1.29, 1.82) is 5.26 Å². The summed E-state index contributed by atoms with van der Waals surface area (Å²) in [7, 11) is -3.01. The number of benzene rings is 1. The average Bonchev–Trinajstić information content (AvgIpc) is 3.56. The van der Waals surface area contributed by atoms with Gasteiger partial charge in [-0.1, -0.05) is 12.1 Å². The maximum atomic E-state index is 14.6. The zero-order valence-electron chi connectivity index (χ0n) is 21.5. The quantitative estimate of drug-likeness (QED) is 0.488. The molecule has 0 unspecified atom stereocenters. The number of aromatic nitrogens is 1. The summed E-state index contributed by atoms with van der Waals surface area (Å²) in [5, 5.41) is 12.8. The Bertz CT molecular complexity index is 1350. The minimum atomic E-state index is -3.01. The number of anilines is 1. The molecule has 1 aromatic carbocycles. The highest BCUT2D eigenvalue weighted by Crippen LogP contribution is 2.49. The lowest BCUT2D eigenvalue weighted by Crippen LogP contribution is -2.45. The van der Waals surface area contributed by atoms with Crippen LogP contribution in [0.2, 0.25) is 0 Å². The SMILES string of the molecule is N#CC1(NC(=O)[C@@H]2CC(F)(F)CC[C@H]2c2nc(CCCF)sc2-c2ccc(N3CCS(=O)(=O)CC3)cc2)CC1. The number of amides is 1. The Balaban J connectivity index is 1.45. The number of nitriles is 1. The first-order chi connectivity index (χ1) is 18.5. The first kappa shape index (κ1) is 27.9. The Morgan fingerprint density at radius 3 is 2.49 bits per heavy atom. The van der Waals surface area contributed by atoms with Gasteiger partial charge in [-0.05, 0) is 43.4 Å². The van der Waals surface area contributed by atoms with E-state index in [0.717, 1.165) is 16.1 Å². The molecule has 3 aliphatic rings. The summed E-state index contributed by atoms with van der Waals surface area (Å²) in [4.78, 5) is 20.8. The van der Waals surface area contributed by atoms with E-state index in [2.05, 4.69) is 11.4 Å². The number of hydrogen-bond donors (Lipinski definition) is 1. The molecule has 5 rings (SSSR count). The zero-order valence-corrected chi connectivity index (χ0v) is 23.1. The van der Waals surface area contributed by atoms with Gasteiger partial charge in [-0.2, -0.15) is 5.26 Å². The zero-order chi connectivity index (χ0) is 27.8. The Kier molecular flexibility index (Phi) is 7.68. The van der Waals surface area contributed by atoms with Gasteiger partial charge in [0, 0.05) is 44.0 Å². The fourth-order valence-corrected chi connectivity index (χ4v) is 7.79. The van der Waals surface area contributed by atoms with Crippen LogP contribution in [0.5, 0.6) is 0 Å². The summed E-state index contributed by atoms with van der Waals surface area (Å²) in [6.07, 6.45) is 0.814. The normalized spacial score (nSPS) is 25.0. The number of sulfone groups is 1. The van der Waals surface area contributed by atoms with E-state index in [0.29, 0.717) is 49.5 Å². The highest BCUT2D eigenvalue weighted by Gasteiger charge is 2.50. The van der Waals surface area contributed by atoms with Crippen molar-refractivity contribution in [2.45, 2.75) is 62.3 Å². The fraction of sp³-hybridized carbons (Fsp3) is 0.593. The molecule has 0 bridgehead atoms. The third-order valence-electron chi connectivity index (χ3n) is 7.90. The molecule has 12 heteroatoms. The molecule has 0 radical (unpaired) electrons. The lowest BCUT2D eigenvalue weighted by atomic mass is 9.74. The third kappa shape index (κ3) is 6.24. The molecule has 2 heterocycles. The summed E-state index contributed by atoms with van der Waals surface area (Å²) in [6.45, 7) is 0.331. The number of hydrogen-bond acceptors (Lipinski definition) is 7. The van der Waals surface area contributed by atoms with Gasteiger partial charge in [-0.25, -0.2) is 22.2 Å². The molecule has 1 N–H and O–H groups in total. The molecule has 3 fully saturated rings. The van der Waals surface area contributed by atoms with Crippen molar-refractivity contribution >= 4 is 32.8 Å². The Morgan fingerprint density at radius 1 is 1.18 bits per heavy atom. The van der Waals surface area contributed by atoms with Crippen molar-refractivity contribution in [3.63, 3.8) is 0 Å². The van der Waals surface area contributed by atoms with Crippen LogP contribution in [0.1, 0.15) is 55.1 Å². The topological polar surface area (TPSA) is 103 Å². The Morgan fingerprint density at radius 2 is 1.87 bits per heavy atom. The predicted molar refractivity (Wildman–Crippen MR) is 143 cm³/mol. The minimum Gasteiger partial charge on any atom is -0.369 e. The lowest BCUT2D eigenvalue weighted by molar-refractivity contribution is -0.134. The van der Waals surface area contributed by atoms with Gasteiger partial charge in [0.15, 0.2) is 9.84 Å². The maximum Gasteiger partial charge on any atom is 0.249 e. The van der Waals surface area contributed by atoms with Gasteiger partial charge >= 0.3 is 0 Å². The fourth-order valence-electron chi connectivity index (χ4n) is 5.41. The van der Waals surface area contributed by atoms with Crippen LogP contribution in [-0.4, -0.2) is 62.0 Å². The molecular formula is C27H31F3N4O3S2. The molecule has 2 aliphatic carbocycles. The van der Waals surface area contributed by atoms with E-state index in [4.69, 9.17) is 4.98 Å². The molecule has 1 amide bonds. The smallest absolute Gasteiger partial charge is 0.249 e. The number of carbonyl (C=O) groups excluding carboxylic acids is 1. The molecule has 1 saturated heterocycles. The Labute approximate surface area is 230 Å². The van der Waals surface area contributed by atoms with Crippen molar-refractivity contribution in [2.75, 3.05) is 36.2 Å². The number of nitrogens with zero attached hydrogens (tertiary/aromatic N) is 3. The van der Waals surface area contributed by atoms with Crippen LogP contribution in [0, 0.1) is 17.2 Å². The first-order valence-electron chi connectivity index (χ1n) is 13.3. The number of thiazole rings is 1. The number of nitrogens with one attached hydrogen (secondary N) is 1. The Hall–Kier alpha value is -2.65. The van der Waals surface area contributed by atoms with Crippen molar-refractivity contribution in [1.82, 2.24) is 10.3 Å². The third-order valence-corrected chi connectivity index (χ3v) is 10.7. The highest BCUT2D eigenvalue weighted by atomic mass is 32.2. The van der Waals surface area contributed by atoms with Crippen molar-refractivity contribution < 1.29 is 26.4 Å². The second-order valence-electron chi connectivity index (χ2n) is 10.8. The number of carbonyl (C=O) groups is 1. The largest absolute Gasteiger partial charge is 0.369 e. The molecule has 39 heavy (non-hydrogen) atoms. The molecule has 1 aromatic heterocycles. The van der Waals surface area contributed by atoms with Crippen LogP contribution >= 0.6 is 11.3 Å². The van der Waals surface area contributed by atoms with Crippen LogP contribution in [0.3, 0.4) is 0 Å². The highest BCUT2D eigenvalue weighted by molar-refractivity contribution is 7.91. The number of aryl methyl sites for hydroxylation is 1. The van der Waals surface area contributed by atoms with Crippen LogP contribution in [0.15, 0.2) is 24.3 Å². The van der Waals surface area contributed by atoms with Crippen LogP contribution < -0.4 is 10.2 Å². The first-order valence-corrected chi connectivity index (χ1v) is 15.9. The summed E-state index contributed by atoms with van der Waals surface area (Å²) >= 11 is 1.39. The van der Waals surface area contributed by atoms with E-state index in [1.165, 1.54) is 11.3 Å². The number of rotatable bonds is 8. The predicted octanol–water partition coefficient (Wildman–Crippen LogP) is 4.64. The maximum absolute atomic E-state index is 14.6. The standard InChI is InChI=1S/C27H31F3N4O3S2/c28-11-1-2-22-32-23(20-7-8-27(29,30)16-21(20)25(35)33-26(17-31)9-10-26)24(38-22)18-3-5-19(6-4-18)34-12-14-39(36,37)15-13-34/h3-6,20-21H,1-2,7-16H2,(H,33,35)/t20-,21-/m1/s1. The van der Waals surface area contributed by atoms with Gasteiger partial charge in [0.25, 0.3) is 0 Å². The van der Waals surface area contributed by atoms with Gasteiger partial charge in [0.2, 0.25) is 11.8 Å². The average molecular weight is 581 g/mol. The van der Waals surface area contributed by atoms with E-state index in [9.17, 15) is 31.6 Å². The second-order valence-corrected chi connectivity index (χ2v) is 14.2. The van der Waals surface area contributed by atoms with E-state index >= 15 is 0 Å². The summed E-state index contributed by atoms with van der Waals surface area (Å²) < 4.78 is 65.7. The molecule has 2 saturated carbocycles.